The van der Waals surface area contributed by atoms with Crippen molar-refractivity contribution in [3.05, 3.63) is 27.4 Å². The fourth-order valence-corrected chi connectivity index (χ4v) is 2.01. The summed E-state index contributed by atoms with van der Waals surface area (Å²) in [5, 5.41) is 1.92. The zero-order valence-electron chi connectivity index (χ0n) is 8.31. The molecular weight excluding hydrogens is 233 g/mol. The molecule has 0 saturated heterocycles. The van der Waals surface area contributed by atoms with E-state index < -0.39 is 0 Å². The standard InChI is InChI=1S/C10H9Cl2N3/c1-4-8-6(11)3-7(13)15-10(8)14-5(2)9(4)12/h3H,1-2H3,(H2,13,14,15). The first-order valence-corrected chi connectivity index (χ1v) is 5.14. The van der Waals surface area contributed by atoms with E-state index in [-0.39, 0.29) is 0 Å². The largest absolute Gasteiger partial charge is 0.384 e. The predicted molar refractivity (Wildman–Crippen MR) is 63.4 cm³/mol. The van der Waals surface area contributed by atoms with Crippen LogP contribution < -0.4 is 5.73 Å². The molecule has 0 aliphatic rings. The lowest BCUT2D eigenvalue weighted by atomic mass is 10.1. The number of hydrogen-bond acceptors (Lipinski definition) is 3. The van der Waals surface area contributed by atoms with Gasteiger partial charge in [0.15, 0.2) is 5.65 Å². The number of aromatic nitrogens is 2. The zero-order valence-corrected chi connectivity index (χ0v) is 9.82. The van der Waals surface area contributed by atoms with Crippen LogP contribution in [0.4, 0.5) is 5.82 Å². The summed E-state index contributed by atoms with van der Waals surface area (Å²) < 4.78 is 0. The summed E-state index contributed by atoms with van der Waals surface area (Å²) in [6.45, 7) is 3.72. The van der Waals surface area contributed by atoms with Gasteiger partial charge in [-0.2, -0.15) is 0 Å². The van der Waals surface area contributed by atoms with Crippen LogP contribution in [0.5, 0.6) is 0 Å². The summed E-state index contributed by atoms with van der Waals surface area (Å²) in [6, 6.07) is 1.60. The molecule has 5 heteroatoms. The lowest BCUT2D eigenvalue weighted by Crippen LogP contribution is -1.97. The molecule has 78 valence electrons. The number of hydrogen-bond donors (Lipinski definition) is 1. The highest BCUT2D eigenvalue weighted by Gasteiger charge is 2.11. The molecule has 15 heavy (non-hydrogen) atoms. The van der Waals surface area contributed by atoms with Gasteiger partial charge in [0, 0.05) is 5.39 Å². The Morgan fingerprint density at radius 2 is 1.87 bits per heavy atom. The van der Waals surface area contributed by atoms with Crippen LogP contribution in [0, 0.1) is 13.8 Å². The van der Waals surface area contributed by atoms with Gasteiger partial charge in [0.1, 0.15) is 5.82 Å². The first kappa shape index (κ1) is 10.5. The molecule has 2 heterocycles. The van der Waals surface area contributed by atoms with E-state index in [0.717, 1.165) is 16.6 Å². The van der Waals surface area contributed by atoms with Gasteiger partial charge in [0.2, 0.25) is 0 Å². The lowest BCUT2D eigenvalue weighted by Gasteiger charge is -2.08. The third-order valence-corrected chi connectivity index (χ3v) is 3.12. The van der Waals surface area contributed by atoms with Crippen LogP contribution in [-0.4, -0.2) is 9.97 Å². The van der Waals surface area contributed by atoms with Gasteiger partial charge in [0.25, 0.3) is 0 Å². The number of pyridine rings is 2. The summed E-state index contributed by atoms with van der Waals surface area (Å²) >= 11 is 12.2. The molecule has 2 aromatic rings. The van der Waals surface area contributed by atoms with Crippen molar-refractivity contribution >= 4 is 40.1 Å². The Morgan fingerprint density at radius 1 is 1.20 bits per heavy atom. The Balaban J connectivity index is 2.99. The normalized spacial score (nSPS) is 10.9. The van der Waals surface area contributed by atoms with Gasteiger partial charge in [-0.1, -0.05) is 23.2 Å². The minimum absolute atomic E-state index is 0.362. The van der Waals surface area contributed by atoms with E-state index in [1.54, 1.807) is 6.07 Å². The molecule has 0 aromatic carbocycles. The minimum atomic E-state index is 0.362. The van der Waals surface area contributed by atoms with Gasteiger partial charge in [-0.05, 0) is 25.5 Å². The van der Waals surface area contributed by atoms with Gasteiger partial charge in [0.05, 0.1) is 15.7 Å². The smallest absolute Gasteiger partial charge is 0.163 e. The summed E-state index contributed by atoms with van der Waals surface area (Å²) in [5.41, 5.74) is 7.75. The topological polar surface area (TPSA) is 51.8 Å². The van der Waals surface area contributed by atoms with Crippen LogP contribution in [0.1, 0.15) is 11.3 Å². The van der Waals surface area contributed by atoms with E-state index in [0.29, 0.717) is 21.5 Å². The van der Waals surface area contributed by atoms with Crippen molar-refractivity contribution in [1.82, 2.24) is 9.97 Å². The second kappa shape index (κ2) is 3.51. The number of aryl methyl sites for hydroxylation is 2. The van der Waals surface area contributed by atoms with Crippen LogP contribution in [0.15, 0.2) is 6.07 Å². The molecule has 2 N–H and O–H groups in total. The summed E-state index contributed by atoms with van der Waals surface area (Å²) in [6.07, 6.45) is 0. The molecule has 0 fully saturated rings. The van der Waals surface area contributed by atoms with Crippen molar-refractivity contribution in [2.24, 2.45) is 0 Å². The Hall–Kier alpha value is -1.06. The van der Waals surface area contributed by atoms with E-state index in [9.17, 15) is 0 Å². The molecule has 0 amide bonds. The molecule has 0 unspecified atom stereocenters. The summed E-state index contributed by atoms with van der Waals surface area (Å²) in [5.74, 6) is 0.362. The van der Waals surface area contributed by atoms with Crippen LogP contribution in [0.2, 0.25) is 10.0 Å². The second-order valence-electron chi connectivity index (χ2n) is 3.36. The van der Waals surface area contributed by atoms with E-state index >= 15 is 0 Å². The third kappa shape index (κ3) is 1.62. The second-order valence-corrected chi connectivity index (χ2v) is 4.15. The van der Waals surface area contributed by atoms with Crippen molar-refractivity contribution in [1.29, 1.82) is 0 Å². The predicted octanol–water partition coefficient (Wildman–Crippen LogP) is 3.14. The zero-order chi connectivity index (χ0) is 11.2. The van der Waals surface area contributed by atoms with E-state index in [1.807, 2.05) is 13.8 Å². The van der Waals surface area contributed by atoms with Gasteiger partial charge in [-0.3, -0.25) is 0 Å². The monoisotopic (exact) mass is 241 g/mol. The Morgan fingerprint density at radius 3 is 2.53 bits per heavy atom. The average molecular weight is 242 g/mol. The van der Waals surface area contributed by atoms with Crippen molar-refractivity contribution in [2.75, 3.05) is 5.73 Å². The molecule has 3 nitrogen and oxygen atoms in total. The fourth-order valence-electron chi connectivity index (χ4n) is 1.54. The van der Waals surface area contributed by atoms with Crippen molar-refractivity contribution in [2.45, 2.75) is 13.8 Å². The fraction of sp³-hybridized carbons (Fsp3) is 0.200. The highest BCUT2D eigenvalue weighted by molar-refractivity contribution is 6.37. The maximum Gasteiger partial charge on any atom is 0.163 e. The van der Waals surface area contributed by atoms with Gasteiger partial charge >= 0.3 is 0 Å². The van der Waals surface area contributed by atoms with Crippen LogP contribution in [0.25, 0.3) is 11.0 Å². The number of anilines is 1. The van der Waals surface area contributed by atoms with Crippen molar-refractivity contribution in [3.8, 4) is 0 Å². The number of fused-ring (bicyclic) bond motifs is 1. The molecule has 0 radical (unpaired) electrons. The maximum absolute atomic E-state index is 6.09. The molecule has 0 saturated carbocycles. The maximum atomic E-state index is 6.09. The first-order chi connectivity index (χ1) is 7.00. The third-order valence-electron chi connectivity index (χ3n) is 2.27. The average Bonchev–Trinajstić information content (AvgIpc) is 2.13. The van der Waals surface area contributed by atoms with Crippen molar-refractivity contribution < 1.29 is 0 Å². The van der Waals surface area contributed by atoms with E-state index in [2.05, 4.69) is 9.97 Å². The highest BCUT2D eigenvalue weighted by Crippen LogP contribution is 2.31. The molecule has 0 spiro atoms. The molecule has 2 aromatic heterocycles. The molecule has 0 aliphatic carbocycles. The van der Waals surface area contributed by atoms with Gasteiger partial charge in [-0.25, -0.2) is 9.97 Å². The summed E-state index contributed by atoms with van der Waals surface area (Å²) in [7, 11) is 0. The van der Waals surface area contributed by atoms with Crippen LogP contribution in [0.3, 0.4) is 0 Å². The van der Waals surface area contributed by atoms with Gasteiger partial charge in [-0.15, -0.1) is 0 Å². The molecular formula is C10H9Cl2N3. The SMILES string of the molecule is Cc1nc2nc(N)cc(Cl)c2c(C)c1Cl. The number of nitrogens with two attached hydrogens (primary N) is 1. The highest BCUT2D eigenvalue weighted by atomic mass is 35.5. The van der Waals surface area contributed by atoms with Crippen LogP contribution >= 0.6 is 23.2 Å². The lowest BCUT2D eigenvalue weighted by molar-refractivity contribution is 1.19. The number of rotatable bonds is 0. The minimum Gasteiger partial charge on any atom is -0.384 e. The number of halogens is 2. The summed E-state index contributed by atoms with van der Waals surface area (Å²) in [4.78, 5) is 8.37. The molecule has 2 rings (SSSR count). The molecule has 0 atom stereocenters. The molecule has 0 bridgehead atoms. The molecule has 0 aliphatic heterocycles. The van der Waals surface area contributed by atoms with E-state index in [1.165, 1.54) is 0 Å². The Bertz CT molecular complexity index is 552. The Kier molecular flexibility index (Phi) is 2.44. The number of nitrogen functional groups attached to an aromatic ring is 1. The van der Waals surface area contributed by atoms with Crippen molar-refractivity contribution in [3.63, 3.8) is 0 Å². The quantitative estimate of drug-likeness (QED) is 0.772. The Labute approximate surface area is 97.2 Å². The number of nitrogens with zero attached hydrogens (tertiary/aromatic N) is 2. The van der Waals surface area contributed by atoms with Crippen LogP contribution in [-0.2, 0) is 0 Å². The van der Waals surface area contributed by atoms with Gasteiger partial charge < -0.3 is 5.73 Å². The first-order valence-electron chi connectivity index (χ1n) is 4.39. The van der Waals surface area contributed by atoms with E-state index in [4.69, 9.17) is 28.9 Å².